The molecule has 1 heterocycles. The molecule has 18 heavy (non-hydrogen) atoms. The average molecular weight is 314 g/mol. The number of halogens is 2. The van der Waals surface area contributed by atoms with E-state index in [0.717, 1.165) is 13.0 Å². The summed E-state index contributed by atoms with van der Waals surface area (Å²) in [7, 11) is 0. The second-order valence-electron chi connectivity index (χ2n) is 4.15. The molecule has 0 aliphatic carbocycles. The van der Waals surface area contributed by atoms with Crippen LogP contribution in [0.1, 0.15) is 6.42 Å². The summed E-state index contributed by atoms with van der Waals surface area (Å²) in [5, 5.41) is 3.10. The quantitative estimate of drug-likeness (QED) is 0.660. The number of nitrogens with two attached hydrogens (primary N) is 1. The fourth-order valence-electron chi connectivity index (χ4n) is 1.84. The molecule has 1 saturated heterocycles. The Labute approximate surface area is 113 Å². The van der Waals surface area contributed by atoms with Gasteiger partial charge in [0, 0.05) is 12.5 Å². The van der Waals surface area contributed by atoms with Crippen LogP contribution in [0.25, 0.3) is 0 Å². The van der Waals surface area contributed by atoms with Crippen molar-refractivity contribution in [3.63, 3.8) is 0 Å². The van der Waals surface area contributed by atoms with Crippen molar-refractivity contribution in [3.8, 4) is 0 Å². The van der Waals surface area contributed by atoms with Gasteiger partial charge >= 0.3 is 0 Å². The molecule has 0 radical (unpaired) electrons. The van der Waals surface area contributed by atoms with Crippen molar-refractivity contribution < 1.29 is 9.18 Å². The Bertz CT molecular complexity index is 498. The van der Waals surface area contributed by atoms with Crippen LogP contribution >= 0.6 is 15.9 Å². The molecule has 1 aromatic rings. The maximum Gasteiger partial charge on any atom is 0.201 e. The highest BCUT2D eigenvalue weighted by molar-refractivity contribution is 9.10. The van der Waals surface area contributed by atoms with Crippen molar-refractivity contribution in [3.05, 3.63) is 28.5 Å². The summed E-state index contributed by atoms with van der Waals surface area (Å²) in [6.07, 6.45) is 0.780. The molecule has 0 saturated carbocycles. The second-order valence-corrected chi connectivity index (χ2v) is 5.00. The van der Waals surface area contributed by atoms with Gasteiger partial charge in [0.2, 0.25) is 5.78 Å². The summed E-state index contributed by atoms with van der Waals surface area (Å²) in [5.41, 5.74) is 6.14. The van der Waals surface area contributed by atoms with Gasteiger partial charge in [0.25, 0.3) is 0 Å². The van der Waals surface area contributed by atoms with Crippen molar-refractivity contribution in [2.45, 2.75) is 6.42 Å². The molecule has 6 heteroatoms. The highest BCUT2D eigenvalue weighted by atomic mass is 79.9. The fourth-order valence-corrected chi connectivity index (χ4v) is 2.20. The minimum Gasteiger partial charge on any atom is -0.381 e. The van der Waals surface area contributed by atoms with Crippen molar-refractivity contribution >= 4 is 33.2 Å². The van der Waals surface area contributed by atoms with Gasteiger partial charge < -0.3 is 11.1 Å². The lowest BCUT2D eigenvalue weighted by Gasteiger charge is -2.06. The summed E-state index contributed by atoms with van der Waals surface area (Å²) < 4.78 is 13.3. The maximum absolute atomic E-state index is 13.0. The van der Waals surface area contributed by atoms with Crippen molar-refractivity contribution in [2.24, 2.45) is 16.6 Å². The molecular formula is C12H13BrFN3O. The Kier molecular flexibility index (Phi) is 4.08. The van der Waals surface area contributed by atoms with Crippen LogP contribution in [0.15, 0.2) is 27.7 Å². The van der Waals surface area contributed by atoms with E-state index >= 15 is 0 Å². The molecule has 0 spiro atoms. The lowest BCUT2D eigenvalue weighted by Crippen LogP contribution is -2.31. The van der Waals surface area contributed by atoms with E-state index < -0.39 is 0 Å². The number of carbonyl (C=O) groups is 1. The third-order valence-electron chi connectivity index (χ3n) is 2.84. The monoisotopic (exact) mass is 313 g/mol. The van der Waals surface area contributed by atoms with Crippen LogP contribution in [0.5, 0.6) is 0 Å². The zero-order valence-electron chi connectivity index (χ0n) is 9.62. The Morgan fingerprint density at radius 1 is 1.56 bits per heavy atom. The molecule has 1 atom stereocenters. The molecule has 1 aliphatic heterocycles. The second kappa shape index (κ2) is 5.58. The lowest BCUT2D eigenvalue weighted by atomic mass is 10.0. The first-order valence-electron chi connectivity index (χ1n) is 5.62. The number of benzene rings is 1. The van der Waals surface area contributed by atoms with E-state index in [1.54, 1.807) is 0 Å². The molecule has 1 aliphatic rings. The normalized spacial score (nSPS) is 20.1. The molecule has 0 bridgehead atoms. The maximum atomic E-state index is 13.0. The van der Waals surface area contributed by atoms with Gasteiger partial charge in [0.15, 0.2) is 5.84 Å². The number of nitrogens with one attached hydrogen (secondary N) is 1. The Hall–Kier alpha value is -1.27. The van der Waals surface area contributed by atoms with Crippen LogP contribution in [-0.4, -0.2) is 24.7 Å². The van der Waals surface area contributed by atoms with E-state index in [2.05, 4.69) is 26.2 Å². The van der Waals surface area contributed by atoms with Crippen molar-refractivity contribution in [1.29, 1.82) is 0 Å². The Morgan fingerprint density at radius 2 is 2.33 bits per heavy atom. The first-order chi connectivity index (χ1) is 8.58. The van der Waals surface area contributed by atoms with Crippen LogP contribution in [0, 0.1) is 11.7 Å². The van der Waals surface area contributed by atoms with Gasteiger partial charge in [-0.1, -0.05) is 0 Å². The smallest absolute Gasteiger partial charge is 0.201 e. The summed E-state index contributed by atoms with van der Waals surface area (Å²) in [6.45, 7) is 1.47. The van der Waals surface area contributed by atoms with E-state index in [1.165, 1.54) is 18.2 Å². The molecule has 1 aromatic carbocycles. The number of carbonyl (C=O) groups excluding carboxylic acids is 1. The third-order valence-corrected chi connectivity index (χ3v) is 3.44. The lowest BCUT2D eigenvalue weighted by molar-refractivity contribution is -0.116. The zero-order chi connectivity index (χ0) is 13.1. The number of nitrogens with zero attached hydrogens (tertiary/aromatic N) is 1. The Morgan fingerprint density at radius 3 is 2.94 bits per heavy atom. The van der Waals surface area contributed by atoms with Crippen LogP contribution in [0.4, 0.5) is 10.1 Å². The predicted octanol–water partition coefficient (Wildman–Crippen LogP) is 1.76. The summed E-state index contributed by atoms with van der Waals surface area (Å²) in [6, 6.07) is 4.24. The largest absolute Gasteiger partial charge is 0.381 e. The van der Waals surface area contributed by atoms with E-state index in [4.69, 9.17) is 5.73 Å². The first-order valence-corrected chi connectivity index (χ1v) is 6.41. The van der Waals surface area contributed by atoms with Gasteiger partial charge in [-0.3, -0.25) is 4.79 Å². The number of rotatable bonds is 3. The molecule has 0 aromatic heterocycles. The highest BCUT2D eigenvalue weighted by Crippen LogP contribution is 2.22. The first kappa shape index (κ1) is 13.2. The minimum absolute atomic E-state index is 0.0257. The molecule has 3 N–H and O–H groups in total. The average Bonchev–Trinajstić information content (AvgIpc) is 2.86. The van der Waals surface area contributed by atoms with Crippen LogP contribution in [0.3, 0.4) is 0 Å². The standard InChI is InChI=1S/C12H13BrFN3O/c13-9-5-8(1-2-10(9)14)17-12(15)11(18)7-3-4-16-6-7/h1-2,5,7,16H,3-4,6H2,(H2,15,17). The molecule has 1 fully saturated rings. The summed E-state index contributed by atoms with van der Waals surface area (Å²) in [5.74, 6) is -0.654. The number of Topliss-reactive ketones (excluding diaryl/α,β-unsaturated/α-hetero) is 1. The summed E-state index contributed by atoms with van der Waals surface area (Å²) in [4.78, 5) is 15.9. The molecule has 1 unspecified atom stereocenters. The number of hydrogen-bond donors (Lipinski definition) is 2. The number of ketones is 1. The van der Waals surface area contributed by atoms with Gasteiger partial charge in [-0.15, -0.1) is 0 Å². The fraction of sp³-hybridized carbons (Fsp3) is 0.333. The zero-order valence-corrected chi connectivity index (χ0v) is 11.2. The van der Waals surface area contributed by atoms with Crippen LogP contribution in [-0.2, 0) is 4.79 Å². The number of amidine groups is 1. The molecular weight excluding hydrogens is 301 g/mol. The minimum atomic E-state index is -0.376. The van der Waals surface area contributed by atoms with Crippen LogP contribution < -0.4 is 11.1 Å². The number of aliphatic imine (C=N–C) groups is 1. The predicted molar refractivity (Wildman–Crippen MR) is 71.4 cm³/mol. The topological polar surface area (TPSA) is 67.5 Å². The molecule has 2 rings (SSSR count). The SMILES string of the molecule is NC(=Nc1ccc(F)c(Br)c1)C(=O)C1CCNC1. The van der Waals surface area contributed by atoms with E-state index in [0.29, 0.717) is 16.7 Å². The van der Waals surface area contributed by atoms with Gasteiger partial charge in [0.1, 0.15) is 5.82 Å². The van der Waals surface area contributed by atoms with E-state index in [-0.39, 0.29) is 23.4 Å². The van der Waals surface area contributed by atoms with Gasteiger partial charge in [-0.05, 0) is 47.1 Å². The third kappa shape index (κ3) is 2.94. The van der Waals surface area contributed by atoms with Crippen LogP contribution in [0.2, 0.25) is 0 Å². The summed E-state index contributed by atoms with van der Waals surface area (Å²) >= 11 is 3.06. The van der Waals surface area contributed by atoms with Crippen molar-refractivity contribution in [1.82, 2.24) is 5.32 Å². The number of hydrogen-bond acceptors (Lipinski definition) is 3. The van der Waals surface area contributed by atoms with Gasteiger partial charge in [-0.25, -0.2) is 9.38 Å². The molecule has 0 amide bonds. The molecule has 4 nitrogen and oxygen atoms in total. The van der Waals surface area contributed by atoms with E-state index in [9.17, 15) is 9.18 Å². The highest BCUT2D eigenvalue weighted by Gasteiger charge is 2.24. The van der Waals surface area contributed by atoms with E-state index in [1.807, 2.05) is 0 Å². The van der Waals surface area contributed by atoms with Gasteiger partial charge in [-0.2, -0.15) is 0 Å². The Balaban J connectivity index is 2.16. The molecule has 96 valence electrons. The van der Waals surface area contributed by atoms with Gasteiger partial charge in [0.05, 0.1) is 10.2 Å². The van der Waals surface area contributed by atoms with Crippen molar-refractivity contribution in [2.75, 3.05) is 13.1 Å².